The van der Waals surface area contributed by atoms with Crippen molar-refractivity contribution >= 4 is 91.2 Å². The molecule has 0 fully saturated rings. The predicted molar refractivity (Wildman–Crippen MR) is 286 cm³/mol. The lowest BCUT2D eigenvalue weighted by atomic mass is 10.1. The quantitative estimate of drug-likeness (QED) is 0.0489. The summed E-state index contributed by atoms with van der Waals surface area (Å²) in [5, 5.41) is 6.20. The van der Waals surface area contributed by atoms with Crippen LogP contribution in [0.4, 0.5) is 11.5 Å². The van der Waals surface area contributed by atoms with Gasteiger partial charge in [-0.25, -0.2) is 9.97 Å². The summed E-state index contributed by atoms with van der Waals surface area (Å²) in [6.45, 7) is 3.08. The minimum Gasteiger partial charge on any atom is -0.497 e. The van der Waals surface area contributed by atoms with Gasteiger partial charge in [-0.15, -0.1) is 6.42 Å². The fourth-order valence-electron chi connectivity index (χ4n) is 8.81. The lowest BCUT2D eigenvalue weighted by Gasteiger charge is -2.16. The smallest absolute Gasteiger partial charge is 0.310 e. The lowest BCUT2D eigenvalue weighted by Crippen LogP contribution is -2.17. The van der Waals surface area contributed by atoms with Gasteiger partial charge in [-0.1, -0.05) is 35.2 Å². The Labute approximate surface area is 440 Å². The van der Waals surface area contributed by atoms with E-state index >= 15 is 0 Å². The van der Waals surface area contributed by atoms with Crippen LogP contribution in [-0.4, -0.2) is 83.5 Å². The summed E-state index contributed by atoms with van der Waals surface area (Å²) in [6, 6.07) is 34.5. The molecule has 6 aromatic carbocycles. The molecule has 0 saturated heterocycles. The molecule has 0 aliphatic heterocycles. The number of carbonyl (C=O) groups excluding carboxylic acids is 4. The summed E-state index contributed by atoms with van der Waals surface area (Å²) in [5.74, 6) is 3.04. The maximum absolute atomic E-state index is 13.8. The minimum atomic E-state index is -0.555. The first-order valence-electron chi connectivity index (χ1n) is 23.5. The summed E-state index contributed by atoms with van der Waals surface area (Å²) < 4.78 is 38.0. The number of carbonyl (C=O) groups is 4. The highest BCUT2D eigenvalue weighted by Crippen LogP contribution is 2.36. The second-order valence-electron chi connectivity index (χ2n) is 17.1. The molecule has 1 N–H and O–H groups in total. The summed E-state index contributed by atoms with van der Waals surface area (Å²) in [5.41, 5.74) is 6.25. The zero-order valence-corrected chi connectivity index (χ0v) is 42.6. The van der Waals surface area contributed by atoms with Crippen LogP contribution in [0.5, 0.6) is 23.0 Å². The first kappa shape index (κ1) is 51.1. The third-order valence-corrected chi connectivity index (χ3v) is 13.0. The molecule has 0 amide bonds. The molecule has 3 heterocycles. The molecule has 0 saturated carbocycles. The van der Waals surface area contributed by atoms with Crippen molar-refractivity contribution in [2.45, 2.75) is 26.7 Å². The normalized spacial score (nSPS) is 11.1. The molecule has 3 aromatic heterocycles. The van der Waals surface area contributed by atoms with E-state index in [0.29, 0.717) is 105 Å². The average molecular weight is 1040 g/mol. The van der Waals surface area contributed by atoms with Crippen LogP contribution in [-0.2, 0) is 31.9 Å². The van der Waals surface area contributed by atoms with Crippen molar-refractivity contribution in [1.82, 2.24) is 19.1 Å². The number of fused-ring (bicyclic) bond motifs is 3. The van der Waals surface area contributed by atoms with Gasteiger partial charge in [0, 0.05) is 66.0 Å². The molecule has 0 atom stereocenters. The number of nitrogens with zero attached hydrogens (tertiary/aromatic N) is 4. The van der Waals surface area contributed by atoms with Crippen molar-refractivity contribution in [2.24, 2.45) is 0 Å². The van der Waals surface area contributed by atoms with Gasteiger partial charge >= 0.3 is 11.9 Å². The number of anilines is 2. The highest BCUT2D eigenvalue weighted by Gasteiger charge is 2.25. The summed E-state index contributed by atoms with van der Waals surface area (Å²) in [6.07, 6.45) is 6.78. The van der Waals surface area contributed by atoms with E-state index in [1.807, 2.05) is 24.3 Å². The highest BCUT2D eigenvalue weighted by atomic mass is 35.5. The van der Waals surface area contributed by atoms with Gasteiger partial charge in [0.1, 0.15) is 50.1 Å². The number of halogens is 2. The fraction of sp³-hybridized carbons (Fsp3) is 0.172. The van der Waals surface area contributed by atoms with Crippen molar-refractivity contribution in [2.75, 3.05) is 46.0 Å². The van der Waals surface area contributed by atoms with Crippen molar-refractivity contribution in [1.29, 1.82) is 0 Å². The molecule has 17 heteroatoms. The van der Waals surface area contributed by atoms with E-state index in [0.717, 1.165) is 0 Å². The Morgan fingerprint density at radius 3 is 1.60 bits per heavy atom. The molecule has 0 aliphatic rings. The van der Waals surface area contributed by atoms with E-state index in [-0.39, 0.29) is 62.6 Å². The molecule has 378 valence electrons. The molecule has 0 unspecified atom stereocenters. The van der Waals surface area contributed by atoms with Gasteiger partial charge in [-0.2, -0.15) is 0 Å². The molecule has 9 rings (SSSR count). The molecular weight excluding hydrogens is 998 g/mol. The summed E-state index contributed by atoms with van der Waals surface area (Å²) in [7, 11) is 3.08. The first-order chi connectivity index (χ1) is 36.3. The van der Waals surface area contributed by atoms with Crippen molar-refractivity contribution in [3.05, 3.63) is 177 Å². The molecule has 0 bridgehead atoms. The number of aromatic nitrogens is 4. The summed E-state index contributed by atoms with van der Waals surface area (Å²) >= 11 is 12.2. The number of rotatable bonds is 18. The number of ether oxygens (including phenoxy) is 6. The lowest BCUT2D eigenvalue weighted by molar-refractivity contribution is -0.144. The van der Waals surface area contributed by atoms with Gasteiger partial charge in [0.2, 0.25) is 0 Å². The molecule has 15 nitrogen and oxygen atoms in total. The standard InChI is InChI=1S/C58H47Cl2N5O10/c1-6-36-8-7-9-41(26-36)63-56-48-29-52(72-22-24-74-54(66)30-44-34(2)64(50-20-18-42(70-4)27-46(44)50)57(68)37-10-14-39(59)15-11-37)53(32-49(48)61-33-62-56)73-23-25-75-55(67)31-45-35(3)65(51-21-19-43(71-5)28-47(45)51)58(69)38-12-16-40(60)17-13-38/h1,7-21,26-29,32-33H,22-25,30-31H2,2-5H3,(H,61,62,63). The molecular formula is C58H47Cl2N5O10. The Kier molecular flexibility index (Phi) is 15.3. The molecule has 0 radical (unpaired) electrons. The van der Waals surface area contributed by atoms with Gasteiger partial charge in [0.25, 0.3) is 11.8 Å². The average Bonchev–Trinajstić information content (AvgIpc) is 3.85. The SMILES string of the molecule is C#Cc1cccc(Nc2ncnc3cc(OCCOC(=O)Cc4c(C)n(C(=O)c5ccc(Cl)cc5)c5ccc(OC)cc45)c(OCCOC(=O)Cc4c(C)n(C(=O)c5ccc(Cl)cc5)c5ccc(OC)cc45)cc23)c1. The Bertz CT molecular complexity index is 3710. The predicted octanol–water partition coefficient (Wildman–Crippen LogP) is 10.9. The Balaban J connectivity index is 0.907. The van der Waals surface area contributed by atoms with Crippen molar-refractivity contribution in [3.8, 4) is 35.3 Å². The molecule has 9 aromatic rings. The number of hydrogen-bond acceptors (Lipinski definition) is 13. The Morgan fingerprint density at radius 2 is 1.11 bits per heavy atom. The van der Waals surface area contributed by atoms with Crippen LogP contribution in [0.15, 0.2) is 128 Å². The van der Waals surface area contributed by atoms with E-state index in [4.69, 9.17) is 58.0 Å². The van der Waals surface area contributed by atoms with Crippen LogP contribution < -0.4 is 24.3 Å². The number of terminal acetylenes is 1. The third-order valence-electron chi connectivity index (χ3n) is 12.5. The zero-order valence-electron chi connectivity index (χ0n) is 41.1. The monoisotopic (exact) mass is 1040 g/mol. The van der Waals surface area contributed by atoms with E-state index in [1.54, 1.807) is 134 Å². The Hall–Kier alpha value is -8.84. The maximum Gasteiger partial charge on any atom is 0.310 e. The topological polar surface area (TPSA) is 171 Å². The summed E-state index contributed by atoms with van der Waals surface area (Å²) in [4.78, 5) is 63.8. The highest BCUT2D eigenvalue weighted by molar-refractivity contribution is 6.31. The number of nitrogens with one attached hydrogen (secondary N) is 1. The largest absolute Gasteiger partial charge is 0.497 e. The Morgan fingerprint density at radius 1 is 0.600 bits per heavy atom. The zero-order chi connectivity index (χ0) is 52.8. The van der Waals surface area contributed by atoms with E-state index in [9.17, 15) is 19.2 Å². The molecule has 0 spiro atoms. The van der Waals surface area contributed by atoms with Crippen LogP contribution in [0.3, 0.4) is 0 Å². The number of hydrogen-bond donors (Lipinski definition) is 1. The molecule has 75 heavy (non-hydrogen) atoms. The second-order valence-corrected chi connectivity index (χ2v) is 17.9. The fourth-order valence-corrected chi connectivity index (χ4v) is 9.06. The number of methoxy groups -OCH3 is 2. The molecule has 0 aliphatic carbocycles. The number of esters is 2. The van der Waals surface area contributed by atoms with Gasteiger partial charge < -0.3 is 33.7 Å². The van der Waals surface area contributed by atoms with Crippen LogP contribution in [0.2, 0.25) is 10.0 Å². The van der Waals surface area contributed by atoms with E-state index in [2.05, 4.69) is 21.2 Å². The van der Waals surface area contributed by atoms with Crippen molar-refractivity contribution < 1.29 is 47.6 Å². The van der Waals surface area contributed by atoms with Gasteiger partial charge in [0.05, 0.1) is 43.6 Å². The minimum absolute atomic E-state index is 0.0838. The van der Waals surface area contributed by atoms with E-state index in [1.165, 1.54) is 6.33 Å². The second kappa shape index (κ2) is 22.5. The third kappa shape index (κ3) is 11.1. The first-order valence-corrected chi connectivity index (χ1v) is 24.2. The number of benzene rings is 6. The van der Waals surface area contributed by atoms with Crippen LogP contribution in [0.1, 0.15) is 48.8 Å². The van der Waals surface area contributed by atoms with Gasteiger partial charge in [-0.05, 0) is 134 Å². The maximum atomic E-state index is 13.8. The van der Waals surface area contributed by atoms with E-state index < -0.39 is 11.9 Å². The van der Waals surface area contributed by atoms with Crippen LogP contribution >= 0.6 is 23.2 Å². The van der Waals surface area contributed by atoms with Crippen LogP contribution in [0.25, 0.3) is 32.7 Å². The van der Waals surface area contributed by atoms with Crippen molar-refractivity contribution in [3.63, 3.8) is 0 Å². The van der Waals surface area contributed by atoms with Gasteiger partial charge in [0.15, 0.2) is 11.5 Å². The van der Waals surface area contributed by atoms with Gasteiger partial charge in [-0.3, -0.25) is 28.3 Å². The van der Waals surface area contributed by atoms with Crippen LogP contribution in [0, 0.1) is 26.2 Å².